The van der Waals surface area contributed by atoms with Crippen LogP contribution in [0.4, 0.5) is 0 Å². The molecule has 1 aliphatic heterocycles. The number of piperidine rings is 1. The van der Waals surface area contributed by atoms with Gasteiger partial charge in [-0.2, -0.15) is 0 Å². The summed E-state index contributed by atoms with van der Waals surface area (Å²) in [6.45, 7) is 3.28. The normalized spacial score (nSPS) is 15.2. The van der Waals surface area contributed by atoms with E-state index in [4.69, 9.17) is 14.2 Å². The van der Waals surface area contributed by atoms with Gasteiger partial charge in [0.25, 0.3) is 5.91 Å². The second kappa shape index (κ2) is 7.85. The quantitative estimate of drug-likeness (QED) is 0.777. The second-order valence-electron chi connectivity index (χ2n) is 5.42. The third-order valence-corrected chi connectivity index (χ3v) is 4.00. The Morgan fingerprint density at radius 1 is 1.09 bits per heavy atom. The van der Waals surface area contributed by atoms with E-state index in [0.717, 1.165) is 0 Å². The van der Waals surface area contributed by atoms with Gasteiger partial charge in [-0.25, -0.2) is 0 Å². The fraction of sp³-hybridized carbons (Fsp3) is 0.529. The molecule has 0 bridgehead atoms. The third-order valence-electron chi connectivity index (χ3n) is 4.00. The summed E-state index contributed by atoms with van der Waals surface area (Å²) in [5.74, 6) is 0.800. The van der Waals surface area contributed by atoms with E-state index in [-0.39, 0.29) is 17.8 Å². The molecule has 1 fully saturated rings. The molecule has 126 valence electrons. The first-order valence-electron chi connectivity index (χ1n) is 7.78. The number of benzene rings is 1. The van der Waals surface area contributed by atoms with Gasteiger partial charge in [0.2, 0.25) is 0 Å². The summed E-state index contributed by atoms with van der Waals surface area (Å²) in [5, 5.41) is 0. The number of methoxy groups -OCH3 is 2. The Morgan fingerprint density at radius 2 is 1.65 bits per heavy atom. The van der Waals surface area contributed by atoms with Crippen LogP contribution in [0.5, 0.6) is 11.5 Å². The molecule has 1 aliphatic rings. The molecule has 6 heteroatoms. The lowest BCUT2D eigenvalue weighted by molar-refractivity contribution is -0.149. The van der Waals surface area contributed by atoms with Crippen LogP contribution in [-0.4, -0.2) is 50.7 Å². The van der Waals surface area contributed by atoms with Crippen LogP contribution in [0.15, 0.2) is 18.2 Å². The number of esters is 1. The number of carbonyl (C=O) groups is 2. The van der Waals surface area contributed by atoms with Crippen LogP contribution < -0.4 is 9.47 Å². The van der Waals surface area contributed by atoms with Crippen molar-refractivity contribution >= 4 is 11.9 Å². The minimum atomic E-state index is -0.164. The minimum absolute atomic E-state index is 0.0792. The van der Waals surface area contributed by atoms with Gasteiger partial charge in [-0.3, -0.25) is 9.59 Å². The Balaban J connectivity index is 2.03. The minimum Gasteiger partial charge on any atom is -0.497 e. The van der Waals surface area contributed by atoms with E-state index < -0.39 is 0 Å². The lowest BCUT2D eigenvalue weighted by Gasteiger charge is -2.31. The zero-order valence-corrected chi connectivity index (χ0v) is 13.8. The van der Waals surface area contributed by atoms with E-state index >= 15 is 0 Å². The number of nitrogens with zero attached hydrogens (tertiary/aromatic N) is 1. The molecule has 6 nitrogen and oxygen atoms in total. The molecule has 2 rings (SSSR count). The summed E-state index contributed by atoms with van der Waals surface area (Å²) in [5.41, 5.74) is 0.524. The molecule has 1 heterocycles. The van der Waals surface area contributed by atoms with Gasteiger partial charge in [-0.05, 0) is 31.9 Å². The molecule has 1 aromatic rings. The maximum absolute atomic E-state index is 12.6. The van der Waals surface area contributed by atoms with Crippen LogP contribution >= 0.6 is 0 Å². The summed E-state index contributed by atoms with van der Waals surface area (Å²) in [6, 6.07) is 5.12. The van der Waals surface area contributed by atoms with Crippen LogP contribution in [-0.2, 0) is 9.53 Å². The SMILES string of the molecule is CCOC(=O)C1CCN(C(=O)c2cc(OC)cc(OC)c2)CC1. The highest BCUT2D eigenvalue weighted by molar-refractivity contribution is 5.95. The first kappa shape index (κ1) is 17.1. The average molecular weight is 321 g/mol. The topological polar surface area (TPSA) is 65.1 Å². The van der Waals surface area contributed by atoms with Crippen LogP contribution in [0.25, 0.3) is 0 Å². The zero-order chi connectivity index (χ0) is 16.8. The first-order chi connectivity index (χ1) is 11.1. The van der Waals surface area contributed by atoms with E-state index in [1.807, 2.05) is 0 Å². The van der Waals surface area contributed by atoms with Crippen LogP contribution in [0, 0.1) is 5.92 Å². The van der Waals surface area contributed by atoms with Gasteiger partial charge in [0, 0.05) is 24.7 Å². The van der Waals surface area contributed by atoms with Gasteiger partial charge in [-0.15, -0.1) is 0 Å². The summed E-state index contributed by atoms with van der Waals surface area (Å²) >= 11 is 0. The van der Waals surface area contributed by atoms with E-state index in [0.29, 0.717) is 49.6 Å². The number of amides is 1. The second-order valence-corrected chi connectivity index (χ2v) is 5.42. The Hall–Kier alpha value is -2.24. The van der Waals surface area contributed by atoms with Crippen molar-refractivity contribution in [3.63, 3.8) is 0 Å². The van der Waals surface area contributed by atoms with Crippen molar-refractivity contribution in [1.82, 2.24) is 4.90 Å². The maximum atomic E-state index is 12.6. The summed E-state index contributed by atoms with van der Waals surface area (Å²) < 4.78 is 15.4. The van der Waals surface area contributed by atoms with Gasteiger partial charge in [-0.1, -0.05) is 0 Å². The van der Waals surface area contributed by atoms with Gasteiger partial charge < -0.3 is 19.1 Å². The smallest absolute Gasteiger partial charge is 0.309 e. The summed E-state index contributed by atoms with van der Waals surface area (Å²) in [7, 11) is 3.10. The molecule has 0 spiro atoms. The lowest BCUT2D eigenvalue weighted by atomic mass is 9.96. The predicted molar refractivity (Wildman–Crippen MR) is 84.8 cm³/mol. The van der Waals surface area contributed by atoms with Gasteiger partial charge in [0.1, 0.15) is 11.5 Å². The molecule has 0 N–H and O–H groups in total. The lowest BCUT2D eigenvalue weighted by Crippen LogP contribution is -2.40. The Morgan fingerprint density at radius 3 is 2.13 bits per heavy atom. The van der Waals surface area contributed by atoms with Crippen molar-refractivity contribution in [2.75, 3.05) is 33.9 Å². The molecular weight excluding hydrogens is 298 g/mol. The van der Waals surface area contributed by atoms with E-state index in [1.165, 1.54) is 0 Å². The average Bonchev–Trinajstić information content (AvgIpc) is 2.60. The molecule has 23 heavy (non-hydrogen) atoms. The van der Waals surface area contributed by atoms with Crippen molar-refractivity contribution in [1.29, 1.82) is 0 Å². The number of hydrogen-bond acceptors (Lipinski definition) is 5. The Bertz CT molecular complexity index is 542. The van der Waals surface area contributed by atoms with E-state index in [2.05, 4.69) is 0 Å². The molecule has 1 amide bonds. The molecule has 0 aromatic heterocycles. The van der Waals surface area contributed by atoms with Gasteiger partial charge in [0.05, 0.1) is 26.7 Å². The highest BCUT2D eigenvalue weighted by Gasteiger charge is 2.28. The largest absolute Gasteiger partial charge is 0.497 e. The first-order valence-corrected chi connectivity index (χ1v) is 7.78. The van der Waals surface area contributed by atoms with Crippen molar-refractivity contribution < 1.29 is 23.8 Å². The molecule has 0 unspecified atom stereocenters. The van der Waals surface area contributed by atoms with Crippen molar-refractivity contribution in [3.05, 3.63) is 23.8 Å². The molecule has 1 saturated heterocycles. The Labute approximate surface area is 136 Å². The fourth-order valence-electron chi connectivity index (χ4n) is 2.69. The molecule has 1 aromatic carbocycles. The third kappa shape index (κ3) is 4.15. The molecule has 0 aliphatic carbocycles. The molecule has 0 saturated carbocycles. The Kier molecular flexibility index (Phi) is 5.84. The van der Waals surface area contributed by atoms with Crippen LogP contribution in [0.1, 0.15) is 30.1 Å². The van der Waals surface area contributed by atoms with Crippen molar-refractivity contribution in [2.24, 2.45) is 5.92 Å². The number of hydrogen-bond donors (Lipinski definition) is 0. The highest BCUT2D eigenvalue weighted by Crippen LogP contribution is 2.25. The monoisotopic (exact) mass is 321 g/mol. The number of rotatable bonds is 5. The van der Waals surface area contributed by atoms with E-state index in [1.54, 1.807) is 44.2 Å². The van der Waals surface area contributed by atoms with E-state index in [9.17, 15) is 9.59 Å². The summed E-state index contributed by atoms with van der Waals surface area (Å²) in [4.78, 5) is 26.1. The number of ether oxygens (including phenoxy) is 3. The molecular formula is C17H23NO5. The highest BCUT2D eigenvalue weighted by atomic mass is 16.5. The van der Waals surface area contributed by atoms with Crippen molar-refractivity contribution in [3.8, 4) is 11.5 Å². The zero-order valence-electron chi connectivity index (χ0n) is 13.8. The fourth-order valence-corrected chi connectivity index (χ4v) is 2.69. The van der Waals surface area contributed by atoms with Gasteiger partial charge >= 0.3 is 5.97 Å². The predicted octanol–water partition coefficient (Wildman–Crippen LogP) is 2.12. The summed E-state index contributed by atoms with van der Waals surface area (Å²) in [6.07, 6.45) is 1.26. The number of carbonyl (C=O) groups excluding carboxylic acids is 2. The van der Waals surface area contributed by atoms with Gasteiger partial charge in [0.15, 0.2) is 0 Å². The van der Waals surface area contributed by atoms with Crippen molar-refractivity contribution in [2.45, 2.75) is 19.8 Å². The van der Waals surface area contributed by atoms with Crippen LogP contribution in [0.3, 0.4) is 0 Å². The standard InChI is InChI=1S/C17H23NO5/c1-4-23-17(20)12-5-7-18(8-6-12)16(19)13-9-14(21-2)11-15(10-13)22-3/h9-12H,4-8H2,1-3H3. The molecule has 0 atom stereocenters. The molecule has 0 radical (unpaired) electrons. The maximum Gasteiger partial charge on any atom is 0.309 e. The van der Waals surface area contributed by atoms with Crippen LogP contribution in [0.2, 0.25) is 0 Å². The number of likely N-dealkylation sites (tertiary alicyclic amines) is 1.